The molecule has 0 bridgehead atoms. The molecule has 1 rings (SSSR count). The Morgan fingerprint density at radius 3 is 2.22 bits per heavy atom. The highest BCUT2D eigenvalue weighted by Gasteiger charge is 2.32. The second-order valence-electron chi connectivity index (χ2n) is 4.23. The molecule has 0 spiro atoms. The number of ether oxygens (including phenoxy) is 2. The van der Waals surface area contributed by atoms with Gasteiger partial charge in [-0.15, -0.1) is 24.0 Å². The predicted molar refractivity (Wildman–Crippen MR) is 84.9 cm³/mol. The Morgan fingerprint density at radius 2 is 1.78 bits per heavy atom. The van der Waals surface area contributed by atoms with Gasteiger partial charge in [-0.2, -0.15) is 0 Å². The van der Waals surface area contributed by atoms with Crippen molar-refractivity contribution in [3.05, 3.63) is 0 Å². The molecular formula is C12H26IN3O2. The summed E-state index contributed by atoms with van der Waals surface area (Å²) in [7, 11) is 1.76. The number of hydrogen-bond acceptors (Lipinski definition) is 3. The van der Waals surface area contributed by atoms with Gasteiger partial charge in [0.25, 0.3) is 0 Å². The van der Waals surface area contributed by atoms with E-state index in [1.165, 1.54) is 0 Å². The lowest BCUT2D eigenvalue weighted by Crippen LogP contribution is -2.43. The molecule has 1 heterocycles. The summed E-state index contributed by atoms with van der Waals surface area (Å²) in [6.07, 6.45) is 1.83. The molecule has 2 N–H and O–H groups in total. The molecular weight excluding hydrogens is 345 g/mol. The molecule has 0 radical (unpaired) electrons. The number of hydrogen-bond donors (Lipinski definition) is 2. The Hall–Kier alpha value is -0.0800. The van der Waals surface area contributed by atoms with Crippen LogP contribution in [-0.2, 0) is 9.47 Å². The van der Waals surface area contributed by atoms with Crippen LogP contribution in [0.25, 0.3) is 0 Å². The van der Waals surface area contributed by atoms with Crippen LogP contribution in [0.3, 0.4) is 0 Å². The molecule has 0 atom stereocenters. The van der Waals surface area contributed by atoms with Gasteiger partial charge in [0.2, 0.25) is 0 Å². The summed E-state index contributed by atoms with van der Waals surface area (Å²) in [5.74, 6) is 0.859. The summed E-state index contributed by atoms with van der Waals surface area (Å²) in [5, 5.41) is 6.43. The van der Waals surface area contributed by atoms with Gasteiger partial charge in [0.15, 0.2) is 5.96 Å². The summed E-state index contributed by atoms with van der Waals surface area (Å²) in [5.41, 5.74) is -0.145. The van der Waals surface area contributed by atoms with E-state index in [-0.39, 0.29) is 29.6 Å². The van der Waals surface area contributed by atoms with Gasteiger partial charge in [0, 0.05) is 46.3 Å². The summed E-state index contributed by atoms with van der Waals surface area (Å²) in [6.45, 7) is 8.08. The van der Waals surface area contributed by atoms with Gasteiger partial charge >= 0.3 is 0 Å². The predicted octanol–water partition coefficient (Wildman–Crippen LogP) is 1.37. The average molecular weight is 371 g/mol. The normalized spacial score (nSPS) is 17.5. The Kier molecular flexibility index (Phi) is 9.76. The minimum Gasteiger partial charge on any atom is -0.381 e. The van der Waals surface area contributed by atoms with Crippen LogP contribution in [-0.4, -0.2) is 51.5 Å². The van der Waals surface area contributed by atoms with Crippen molar-refractivity contribution in [2.75, 3.05) is 40.0 Å². The number of aliphatic imine (C=N–C) groups is 1. The molecule has 1 fully saturated rings. The van der Waals surface area contributed by atoms with E-state index in [1.54, 1.807) is 7.11 Å². The van der Waals surface area contributed by atoms with Crippen LogP contribution in [0.5, 0.6) is 0 Å². The molecule has 0 aromatic heterocycles. The summed E-state index contributed by atoms with van der Waals surface area (Å²) >= 11 is 0. The summed E-state index contributed by atoms with van der Waals surface area (Å²) in [6, 6.07) is 0. The lowest BCUT2D eigenvalue weighted by molar-refractivity contribution is -0.0828. The first-order valence-electron chi connectivity index (χ1n) is 6.41. The van der Waals surface area contributed by atoms with Crippen molar-refractivity contribution >= 4 is 29.9 Å². The van der Waals surface area contributed by atoms with E-state index in [0.29, 0.717) is 6.54 Å². The van der Waals surface area contributed by atoms with Crippen molar-refractivity contribution in [1.29, 1.82) is 0 Å². The third kappa shape index (κ3) is 5.71. The SMILES string of the molecule is CCNC(=NCC1(OC)CCOCC1)NCC.I. The fraction of sp³-hybridized carbons (Fsp3) is 0.917. The monoisotopic (exact) mass is 371 g/mol. The zero-order valence-electron chi connectivity index (χ0n) is 11.6. The lowest BCUT2D eigenvalue weighted by atomic mass is 9.94. The molecule has 1 aliphatic heterocycles. The maximum atomic E-state index is 5.64. The minimum absolute atomic E-state index is 0. The van der Waals surface area contributed by atoms with Crippen LogP contribution in [0.1, 0.15) is 26.7 Å². The van der Waals surface area contributed by atoms with Gasteiger partial charge in [-0.3, -0.25) is 4.99 Å². The molecule has 1 saturated heterocycles. The first-order chi connectivity index (χ1) is 8.26. The summed E-state index contributed by atoms with van der Waals surface area (Å²) < 4.78 is 11.0. The van der Waals surface area contributed by atoms with Gasteiger partial charge in [-0.25, -0.2) is 0 Å². The molecule has 6 heteroatoms. The number of guanidine groups is 1. The topological polar surface area (TPSA) is 54.9 Å². The van der Waals surface area contributed by atoms with Gasteiger partial charge in [0.05, 0.1) is 12.1 Å². The largest absolute Gasteiger partial charge is 0.381 e. The van der Waals surface area contributed by atoms with Crippen molar-refractivity contribution in [3.63, 3.8) is 0 Å². The number of nitrogens with one attached hydrogen (secondary N) is 2. The second-order valence-corrected chi connectivity index (χ2v) is 4.23. The van der Waals surface area contributed by atoms with Crippen molar-refractivity contribution in [3.8, 4) is 0 Å². The molecule has 1 aliphatic rings. The molecule has 0 unspecified atom stereocenters. The highest BCUT2D eigenvalue weighted by molar-refractivity contribution is 14.0. The van der Waals surface area contributed by atoms with E-state index in [1.807, 2.05) is 0 Å². The van der Waals surface area contributed by atoms with Gasteiger partial charge < -0.3 is 20.1 Å². The number of methoxy groups -OCH3 is 1. The Bertz CT molecular complexity index is 235. The maximum Gasteiger partial charge on any atom is 0.191 e. The van der Waals surface area contributed by atoms with Gasteiger partial charge in [0.1, 0.15) is 0 Å². The van der Waals surface area contributed by atoms with Crippen LogP contribution in [0.15, 0.2) is 4.99 Å². The zero-order chi connectivity index (χ0) is 12.6. The van der Waals surface area contributed by atoms with Crippen LogP contribution >= 0.6 is 24.0 Å². The van der Waals surface area contributed by atoms with E-state index in [4.69, 9.17) is 9.47 Å². The first-order valence-corrected chi connectivity index (χ1v) is 6.41. The average Bonchev–Trinajstić information content (AvgIpc) is 2.38. The molecule has 18 heavy (non-hydrogen) atoms. The highest BCUT2D eigenvalue weighted by Crippen LogP contribution is 2.24. The number of halogens is 1. The maximum absolute atomic E-state index is 5.64. The smallest absolute Gasteiger partial charge is 0.191 e. The third-order valence-electron chi connectivity index (χ3n) is 3.05. The van der Waals surface area contributed by atoms with E-state index in [2.05, 4.69) is 29.5 Å². The summed E-state index contributed by atoms with van der Waals surface area (Å²) in [4.78, 5) is 4.58. The fourth-order valence-electron chi connectivity index (χ4n) is 1.90. The fourth-order valence-corrected chi connectivity index (χ4v) is 1.90. The van der Waals surface area contributed by atoms with Crippen LogP contribution in [0.2, 0.25) is 0 Å². The molecule has 0 saturated carbocycles. The minimum atomic E-state index is -0.145. The van der Waals surface area contributed by atoms with E-state index < -0.39 is 0 Å². The number of rotatable bonds is 5. The van der Waals surface area contributed by atoms with Crippen molar-refractivity contribution in [2.24, 2.45) is 4.99 Å². The standard InChI is InChI=1S/C12H25N3O2.HI/c1-4-13-11(14-5-2)15-10-12(16-3)6-8-17-9-7-12;/h4-10H2,1-3H3,(H2,13,14,15);1H. The highest BCUT2D eigenvalue weighted by atomic mass is 127. The van der Waals surface area contributed by atoms with Crippen LogP contribution in [0.4, 0.5) is 0 Å². The molecule has 108 valence electrons. The Morgan fingerprint density at radius 1 is 1.22 bits per heavy atom. The molecule has 0 aromatic carbocycles. The van der Waals surface area contributed by atoms with Crippen molar-refractivity contribution < 1.29 is 9.47 Å². The molecule has 0 aliphatic carbocycles. The third-order valence-corrected chi connectivity index (χ3v) is 3.05. The van der Waals surface area contributed by atoms with Crippen LogP contribution < -0.4 is 10.6 Å². The zero-order valence-corrected chi connectivity index (χ0v) is 14.0. The van der Waals surface area contributed by atoms with Crippen molar-refractivity contribution in [2.45, 2.75) is 32.3 Å². The number of nitrogens with zero attached hydrogens (tertiary/aromatic N) is 1. The first kappa shape index (κ1) is 17.9. The molecule has 0 amide bonds. The van der Waals surface area contributed by atoms with Crippen LogP contribution in [0, 0.1) is 0 Å². The quantitative estimate of drug-likeness (QED) is 0.436. The Balaban J connectivity index is 0.00000289. The molecule has 5 nitrogen and oxygen atoms in total. The lowest BCUT2D eigenvalue weighted by Gasteiger charge is -2.34. The van der Waals surface area contributed by atoms with E-state index >= 15 is 0 Å². The van der Waals surface area contributed by atoms with Crippen molar-refractivity contribution in [1.82, 2.24) is 10.6 Å². The Labute approximate surface area is 127 Å². The second kappa shape index (κ2) is 9.80. The van der Waals surface area contributed by atoms with Gasteiger partial charge in [-0.1, -0.05) is 0 Å². The van der Waals surface area contributed by atoms with E-state index in [9.17, 15) is 0 Å². The van der Waals surface area contributed by atoms with E-state index in [0.717, 1.165) is 45.1 Å². The molecule has 0 aromatic rings. The van der Waals surface area contributed by atoms with Gasteiger partial charge in [-0.05, 0) is 13.8 Å².